The van der Waals surface area contributed by atoms with Gasteiger partial charge in [-0.3, -0.25) is 0 Å². The van der Waals surface area contributed by atoms with E-state index in [9.17, 15) is 13.5 Å². The number of aromatic nitrogens is 1. The molecule has 0 aliphatic carbocycles. The number of aromatic hydroxyl groups is 1. The fourth-order valence-electron chi connectivity index (χ4n) is 3.34. The zero-order valence-electron chi connectivity index (χ0n) is 17.1. The molecule has 0 bridgehead atoms. The number of para-hydroxylation sites is 1. The third kappa shape index (κ3) is 4.32. The maximum absolute atomic E-state index is 12.7. The number of fused-ring (bicyclic) bond motifs is 1. The van der Waals surface area contributed by atoms with Crippen molar-refractivity contribution in [3.63, 3.8) is 0 Å². The summed E-state index contributed by atoms with van der Waals surface area (Å²) in [5.41, 5.74) is 1.55. The molecular weight excluding hydrogens is 450 g/mol. The van der Waals surface area contributed by atoms with Crippen molar-refractivity contribution in [1.82, 2.24) is 4.57 Å². The summed E-state index contributed by atoms with van der Waals surface area (Å²) in [6.45, 7) is 2.60. The van der Waals surface area contributed by atoms with Crippen LogP contribution >= 0.6 is 11.6 Å². The monoisotopic (exact) mass is 469 g/mol. The van der Waals surface area contributed by atoms with Gasteiger partial charge in [-0.05, 0) is 48.9 Å². The summed E-state index contributed by atoms with van der Waals surface area (Å²) in [4.78, 5) is -0.0241. The molecule has 32 heavy (non-hydrogen) atoms. The molecule has 7 nitrogen and oxygen atoms in total. The Morgan fingerprint density at radius 1 is 1.00 bits per heavy atom. The zero-order valence-corrected chi connectivity index (χ0v) is 18.7. The van der Waals surface area contributed by atoms with Gasteiger partial charge in [0.25, 0.3) is 10.0 Å². The predicted molar refractivity (Wildman–Crippen MR) is 123 cm³/mol. The lowest BCUT2D eigenvalue weighted by Gasteiger charge is -2.08. The topological polar surface area (TPSA) is 93.2 Å². The summed E-state index contributed by atoms with van der Waals surface area (Å²) in [7, 11) is -4.07. The van der Waals surface area contributed by atoms with Crippen molar-refractivity contribution in [1.29, 1.82) is 0 Å². The Kier molecular flexibility index (Phi) is 6.16. The highest BCUT2D eigenvalue weighted by Gasteiger charge is 2.19. The highest BCUT2D eigenvalue weighted by atomic mass is 35.5. The number of rotatable bonds is 7. The highest BCUT2D eigenvalue weighted by molar-refractivity contribution is 7.90. The van der Waals surface area contributed by atoms with Crippen LogP contribution in [-0.2, 0) is 16.6 Å². The van der Waals surface area contributed by atoms with Crippen LogP contribution in [0.15, 0.2) is 87.3 Å². The van der Waals surface area contributed by atoms with E-state index in [4.69, 9.17) is 16.3 Å². The Morgan fingerprint density at radius 2 is 1.69 bits per heavy atom. The van der Waals surface area contributed by atoms with Crippen LogP contribution in [0.1, 0.15) is 12.5 Å². The van der Waals surface area contributed by atoms with Gasteiger partial charge in [-0.25, -0.2) is 0 Å². The van der Waals surface area contributed by atoms with Crippen LogP contribution < -0.4 is 4.74 Å². The Morgan fingerprint density at radius 3 is 2.41 bits per heavy atom. The molecule has 0 radical (unpaired) electrons. The molecule has 9 heteroatoms. The van der Waals surface area contributed by atoms with E-state index >= 15 is 0 Å². The number of ether oxygens (including phenoxy) is 1. The molecule has 1 heterocycles. The molecule has 0 saturated heterocycles. The Hall–Kier alpha value is -3.36. The first-order chi connectivity index (χ1) is 15.4. The third-order valence-corrected chi connectivity index (χ3v) is 6.42. The summed E-state index contributed by atoms with van der Waals surface area (Å²) < 4.78 is 35.8. The van der Waals surface area contributed by atoms with E-state index in [2.05, 4.69) is 9.63 Å². The average Bonchev–Trinajstić information content (AvgIpc) is 3.05. The first-order valence-corrected chi connectivity index (χ1v) is 11.7. The second-order valence-corrected chi connectivity index (χ2v) is 8.92. The summed E-state index contributed by atoms with van der Waals surface area (Å²) in [5, 5.41) is 15.9. The van der Waals surface area contributed by atoms with Gasteiger partial charge < -0.3 is 14.4 Å². The van der Waals surface area contributed by atoms with Gasteiger partial charge in [0.15, 0.2) is 5.69 Å². The highest BCUT2D eigenvalue weighted by Crippen LogP contribution is 2.40. The van der Waals surface area contributed by atoms with Gasteiger partial charge in [0.1, 0.15) is 5.75 Å². The summed E-state index contributed by atoms with van der Waals surface area (Å²) in [6.07, 6.45) is 0. The second kappa shape index (κ2) is 9.02. The van der Waals surface area contributed by atoms with Crippen LogP contribution in [0.2, 0.25) is 5.02 Å². The van der Waals surface area contributed by atoms with Crippen molar-refractivity contribution < 1.29 is 18.3 Å². The maximum atomic E-state index is 12.7. The molecule has 0 spiro atoms. The average molecular weight is 470 g/mol. The van der Waals surface area contributed by atoms with Crippen LogP contribution in [0, 0.1) is 0 Å². The SMILES string of the molecule is CCOc1ccc(S(=O)(=O)N=Nc2c(O)n(Cc3ccccc3Cl)c3ccccc23)cc1. The fraction of sp³-hybridized carbons (Fsp3) is 0.130. The van der Waals surface area contributed by atoms with Gasteiger partial charge in [0, 0.05) is 10.4 Å². The van der Waals surface area contributed by atoms with Crippen LogP contribution in [0.3, 0.4) is 0 Å². The van der Waals surface area contributed by atoms with Gasteiger partial charge in [0.05, 0.1) is 23.6 Å². The molecular formula is C23H20ClN3O4S. The summed E-state index contributed by atoms with van der Waals surface area (Å²) >= 11 is 6.28. The third-order valence-electron chi connectivity index (χ3n) is 4.88. The van der Waals surface area contributed by atoms with Crippen molar-refractivity contribution in [2.24, 2.45) is 9.63 Å². The number of sulfonamides is 1. The van der Waals surface area contributed by atoms with Crippen molar-refractivity contribution in [3.05, 3.63) is 83.4 Å². The second-order valence-electron chi connectivity index (χ2n) is 6.93. The minimum Gasteiger partial charge on any atom is -0.494 e. The molecule has 0 atom stereocenters. The van der Waals surface area contributed by atoms with Crippen LogP contribution in [0.4, 0.5) is 5.69 Å². The number of nitrogens with zero attached hydrogens (tertiary/aromatic N) is 3. The van der Waals surface area contributed by atoms with E-state index in [0.717, 1.165) is 5.56 Å². The lowest BCUT2D eigenvalue weighted by molar-refractivity contribution is 0.340. The van der Waals surface area contributed by atoms with Crippen molar-refractivity contribution in [2.75, 3.05) is 6.61 Å². The van der Waals surface area contributed by atoms with Crippen molar-refractivity contribution >= 4 is 38.2 Å². The molecule has 1 N–H and O–H groups in total. The molecule has 0 amide bonds. The fourth-order valence-corrected chi connectivity index (χ4v) is 4.30. The van der Waals surface area contributed by atoms with E-state index < -0.39 is 10.0 Å². The molecule has 3 aromatic carbocycles. The lowest BCUT2D eigenvalue weighted by atomic mass is 10.2. The Bertz CT molecular complexity index is 1400. The number of hydrogen-bond acceptors (Lipinski definition) is 5. The first kappa shape index (κ1) is 21.9. The zero-order chi connectivity index (χ0) is 22.7. The summed E-state index contributed by atoms with van der Waals surface area (Å²) in [6, 6.07) is 20.4. The number of benzene rings is 3. The number of halogens is 1. The maximum Gasteiger partial charge on any atom is 0.299 e. The molecule has 0 unspecified atom stereocenters. The molecule has 0 saturated carbocycles. The quantitative estimate of drug-likeness (QED) is 0.340. The van der Waals surface area contributed by atoms with Crippen LogP contribution in [0.25, 0.3) is 10.9 Å². The minimum atomic E-state index is -4.07. The first-order valence-electron chi connectivity index (χ1n) is 9.85. The molecule has 0 aliphatic rings. The van der Waals surface area contributed by atoms with E-state index in [1.165, 1.54) is 12.1 Å². The van der Waals surface area contributed by atoms with E-state index in [1.807, 2.05) is 37.3 Å². The van der Waals surface area contributed by atoms with E-state index in [-0.39, 0.29) is 23.0 Å². The minimum absolute atomic E-state index is 0.0241. The van der Waals surface area contributed by atoms with Gasteiger partial charge in [-0.15, -0.1) is 5.11 Å². The van der Waals surface area contributed by atoms with Crippen LogP contribution in [-0.4, -0.2) is 24.7 Å². The molecule has 4 rings (SSSR count). The molecule has 4 aromatic rings. The summed E-state index contributed by atoms with van der Waals surface area (Å²) in [5.74, 6) is 0.362. The number of hydrogen-bond donors (Lipinski definition) is 1. The van der Waals surface area contributed by atoms with Crippen molar-refractivity contribution in [2.45, 2.75) is 18.4 Å². The normalized spacial score (nSPS) is 11.9. The van der Waals surface area contributed by atoms with Gasteiger partial charge in [0.2, 0.25) is 5.88 Å². The lowest BCUT2D eigenvalue weighted by Crippen LogP contribution is -1.99. The van der Waals surface area contributed by atoms with E-state index in [0.29, 0.717) is 28.3 Å². The van der Waals surface area contributed by atoms with Gasteiger partial charge >= 0.3 is 0 Å². The van der Waals surface area contributed by atoms with Gasteiger partial charge in [-0.2, -0.15) is 8.42 Å². The van der Waals surface area contributed by atoms with E-state index in [1.54, 1.807) is 34.9 Å². The van der Waals surface area contributed by atoms with Crippen molar-refractivity contribution in [3.8, 4) is 11.6 Å². The largest absolute Gasteiger partial charge is 0.494 e. The Labute approximate surface area is 190 Å². The smallest absolute Gasteiger partial charge is 0.299 e. The standard InChI is InChI=1S/C23H20ClN3O4S/c1-2-31-17-11-13-18(14-12-17)32(29,30)26-25-22-19-8-4-6-10-21(19)27(23(22)28)15-16-7-3-5-9-20(16)24/h3-14,28H,2,15H2,1H3. The van der Waals surface area contributed by atoms with Crippen LogP contribution in [0.5, 0.6) is 11.6 Å². The molecule has 0 fully saturated rings. The van der Waals surface area contributed by atoms with Gasteiger partial charge in [-0.1, -0.05) is 52.5 Å². The molecule has 1 aromatic heterocycles. The predicted octanol–water partition coefficient (Wildman–Crippen LogP) is 5.92. The molecule has 164 valence electrons. The Balaban J connectivity index is 1.72. The molecule has 0 aliphatic heterocycles.